The van der Waals surface area contributed by atoms with Gasteiger partial charge in [-0.15, -0.1) is 0 Å². The summed E-state index contributed by atoms with van der Waals surface area (Å²) in [4.78, 5) is 41.0. The molecule has 2 fully saturated rings. The van der Waals surface area contributed by atoms with Gasteiger partial charge in [-0.2, -0.15) is 0 Å². The van der Waals surface area contributed by atoms with Gasteiger partial charge in [-0.1, -0.05) is 12.1 Å². The molecule has 1 N–H and O–H groups in total. The number of amides is 1. The van der Waals surface area contributed by atoms with Crippen molar-refractivity contribution in [2.24, 2.45) is 17.8 Å². The first kappa shape index (κ1) is 26.8. The van der Waals surface area contributed by atoms with Gasteiger partial charge in [0.1, 0.15) is 11.2 Å². The maximum atomic E-state index is 13.3. The number of esters is 1. The van der Waals surface area contributed by atoms with E-state index >= 15 is 0 Å². The average Bonchev–Trinajstić information content (AvgIpc) is 3.40. The Bertz CT molecular complexity index is 932. The van der Waals surface area contributed by atoms with Gasteiger partial charge in [-0.05, 0) is 84.4 Å². The quantitative estimate of drug-likeness (QED) is 0.595. The maximum Gasteiger partial charge on any atom is 0.410 e. The van der Waals surface area contributed by atoms with E-state index in [1.165, 1.54) is 0 Å². The molecule has 35 heavy (non-hydrogen) atoms. The molecule has 2 saturated heterocycles. The van der Waals surface area contributed by atoms with Crippen LogP contribution in [-0.4, -0.2) is 65.4 Å². The summed E-state index contributed by atoms with van der Waals surface area (Å²) in [5, 5.41) is 9.33. The molecule has 3 atom stereocenters. The highest BCUT2D eigenvalue weighted by atomic mass is 16.6. The molecule has 2 aliphatic rings. The number of carboxylic acids is 1. The zero-order chi connectivity index (χ0) is 26.0. The van der Waals surface area contributed by atoms with Crippen LogP contribution in [-0.2, 0) is 25.5 Å². The molecule has 1 aromatic carbocycles. The molecule has 0 saturated carbocycles. The summed E-state index contributed by atoms with van der Waals surface area (Å²) < 4.78 is 11.3. The van der Waals surface area contributed by atoms with Gasteiger partial charge < -0.3 is 24.4 Å². The Balaban J connectivity index is 1.76. The zero-order valence-electron chi connectivity index (χ0n) is 21.9. The highest BCUT2D eigenvalue weighted by Crippen LogP contribution is 2.32. The van der Waals surface area contributed by atoms with Gasteiger partial charge in [0.2, 0.25) is 0 Å². The molecule has 0 bridgehead atoms. The summed E-state index contributed by atoms with van der Waals surface area (Å²) in [7, 11) is 0. The molecular weight excluding hydrogens is 448 g/mol. The summed E-state index contributed by atoms with van der Waals surface area (Å²) >= 11 is 0. The van der Waals surface area contributed by atoms with Crippen LogP contribution in [0, 0.1) is 17.8 Å². The van der Waals surface area contributed by atoms with Crippen LogP contribution in [0.3, 0.4) is 0 Å². The predicted molar refractivity (Wildman–Crippen MR) is 133 cm³/mol. The number of ether oxygens (including phenoxy) is 2. The summed E-state index contributed by atoms with van der Waals surface area (Å²) in [6, 6.07) is 7.97. The van der Waals surface area contributed by atoms with Gasteiger partial charge >= 0.3 is 18.0 Å². The number of likely N-dealkylation sites (tertiary alicyclic amines) is 1. The van der Waals surface area contributed by atoms with E-state index in [0.29, 0.717) is 45.4 Å². The SMILES string of the molecule is CC(C)(C)OC(=O)[C@@H](Cc1cccc(N2CC[C@@H](C(=O)O)C2)c1)[C@H]1CCN(C(=O)OC(C)(C)C)C1. The minimum absolute atomic E-state index is 0.0378. The van der Waals surface area contributed by atoms with Crippen molar-refractivity contribution in [3.05, 3.63) is 29.8 Å². The summed E-state index contributed by atoms with van der Waals surface area (Å²) in [6.45, 7) is 13.3. The van der Waals surface area contributed by atoms with E-state index in [0.717, 1.165) is 11.3 Å². The van der Waals surface area contributed by atoms with Crippen molar-refractivity contribution >= 4 is 23.7 Å². The lowest BCUT2D eigenvalue weighted by molar-refractivity contribution is -0.162. The molecule has 0 unspecified atom stereocenters. The normalized spacial score (nSPS) is 21.7. The first-order valence-corrected chi connectivity index (χ1v) is 12.5. The first-order chi connectivity index (χ1) is 16.2. The van der Waals surface area contributed by atoms with Crippen LogP contribution in [0.2, 0.25) is 0 Å². The molecule has 8 heteroatoms. The second kappa shape index (κ2) is 10.5. The third-order valence-electron chi connectivity index (χ3n) is 6.42. The van der Waals surface area contributed by atoms with Crippen LogP contribution in [0.1, 0.15) is 59.9 Å². The minimum Gasteiger partial charge on any atom is -0.481 e. The number of hydrogen-bond donors (Lipinski definition) is 1. The summed E-state index contributed by atoms with van der Waals surface area (Å²) in [6.07, 6.45) is 1.47. The lowest BCUT2D eigenvalue weighted by Gasteiger charge is -2.28. The van der Waals surface area contributed by atoms with E-state index in [1.807, 2.05) is 65.8 Å². The number of anilines is 1. The van der Waals surface area contributed by atoms with Crippen LogP contribution in [0.5, 0.6) is 0 Å². The molecular formula is C27H40N2O6. The Morgan fingerprint density at radius 3 is 2.29 bits per heavy atom. The fraction of sp³-hybridized carbons (Fsp3) is 0.667. The molecule has 2 aliphatic heterocycles. The van der Waals surface area contributed by atoms with Gasteiger partial charge in [-0.25, -0.2) is 4.79 Å². The van der Waals surface area contributed by atoms with Gasteiger partial charge in [0, 0.05) is 31.9 Å². The second-order valence-corrected chi connectivity index (χ2v) is 11.8. The highest BCUT2D eigenvalue weighted by molar-refractivity contribution is 5.75. The number of nitrogens with zero attached hydrogens (tertiary/aromatic N) is 2. The Morgan fingerprint density at radius 1 is 1.00 bits per heavy atom. The van der Waals surface area contributed by atoms with Crippen molar-refractivity contribution in [3.8, 4) is 0 Å². The molecule has 194 valence electrons. The lowest BCUT2D eigenvalue weighted by Crippen LogP contribution is -2.38. The van der Waals surface area contributed by atoms with Crippen molar-refractivity contribution in [2.75, 3.05) is 31.1 Å². The summed E-state index contributed by atoms with van der Waals surface area (Å²) in [5.41, 5.74) is 0.779. The first-order valence-electron chi connectivity index (χ1n) is 12.5. The van der Waals surface area contributed by atoms with E-state index in [-0.39, 0.29) is 23.9 Å². The minimum atomic E-state index is -0.760. The Kier molecular flexibility index (Phi) is 8.02. The molecule has 0 aromatic heterocycles. The number of carbonyl (C=O) groups excluding carboxylic acids is 2. The predicted octanol–water partition coefficient (Wildman–Crippen LogP) is 4.35. The number of rotatable bonds is 6. The van der Waals surface area contributed by atoms with Crippen LogP contribution < -0.4 is 4.90 Å². The Morgan fingerprint density at radius 2 is 1.69 bits per heavy atom. The highest BCUT2D eigenvalue weighted by Gasteiger charge is 2.39. The maximum absolute atomic E-state index is 13.3. The van der Waals surface area contributed by atoms with Crippen molar-refractivity contribution in [2.45, 2.75) is 72.0 Å². The summed E-state index contributed by atoms with van der Waals surface area (Å²) in [5.74, 6) is -1.81. The molecule has 1 amide bonds. The largest absolute Gasteiger partial charge is 0.481 e. The molecule has 3 rings (SSSR count). The van der Waals surface area contributed by atoms with E-state index in [2.05, 4.69) is 4.90 Å². The average molecular weight is 489 g/mol. The molecule has 0 spiro atoms. The van der Waals surface area contributed by atoms with Gasteiger partial charge in [0.25, 0.3) is 0 Å². The smallest absolute Gasteiger partial charge is 0.410 e. The van der Waals surface area contributed by atoms with Crippen molar-refractivity contribution in [1.29, 1.82) is 0 Å². The van der Waals surface area contributed by atoms with Crippen molar-refractivity contribution < 1.29 is 29.0 Å². The number of carbonyl (C=O) groups is 3. The van der Waals surface area contributed by atoms with Crippen molar-refractivity contribution in [3.63, 3.8) is 0 Å². The van der Waals surface area contributed by atoms with Crippen LogP contribution in [0.15, 0.2) is 24.3 Å². The molecule has 8 nitrogen and oxygen atoms in total. The number of carboxylic acid groups (broad SMARTS) is 1. The Hall–Kier alpha value is -2.77. The van der Waals surface area contributed by atoms with Crippen LogP contribution >= 0.6 is 0 Å². The number of benzene rings is 1. The van der Waals surface area contributed by atoms with Gasteiger partial charge in [0.05, 0.1) is 11.8 Å². The molecule has 1 aromatic rings. The van der Waals surface area contributed by atoms with Crippen LogP contribution in [0.4, 0.5) is 10.5 Å². The number of aliphatic carboxylic acids is 1. The van der Waals surface area contributed by atoms with Gasteiger partial charge in [-0.3, -0.25) is 9.59 Å². The van der Waals surface area contributed by atoms with E-state index in [4.69, 9.17) is 9.47 Å². The van der Waals surface area contributed by atoms with E-state index in [1.54, 1.807) is 4.90 Å². The van der Waals surface area contributed by atoms with E-state index in [9.17, 15) is 19.5 Å². The zero-order valence-corrected chi connectivity index (χ0v) is 21.9. The fourth-order valence-corrected chi connectivity index (χ4v) is 4.76. The van der Waals surface area contributed by atoms with Crippen molar-refractivity contribution in [1.82, 2.24) is 4.90 Å². The third kappa shape index (κ3) is 7.61. The topological polar surface area (TPSA) is 96.4 Å². The van der Waals surface area contributed by atoms with E-state index < -0.39 is 23.1 Å². The van der Waals surface area contributed by atoms with Gasteiger partial charge in [0.15, 0.2) is 0 Å². The standard InChI is InChI=1S/C27H40N2O6/c1-26(2,3)34-24(32)22(19-10-13-29(16-19)25(33)35-27(4,5)6)15-18-8-7-9-21(14-18)28-12-11-20(17-28)23(30)31/h7-9,14,19-20,22H,10-13,15-17H2,1-6H3,(H,30,31)/t19-,20+,22-/m0/s1. The molecule has 2 heterocycles. The monoisotopic (exact) mass is 488 g/mol. The number of hydrogen-bond acceptors (Lipinski definition) is 6. The van der Waals surface area contributed by atoms with Crippen LogP contribution in [0.25, 0.3) is 0 Å². The lowest BCUT2D eigenvalue weighted by atomic mass is 9.86. The third-order valence-corrected chi connectivity index (χ3v) is 6.42. The second-order valence-electron chi connectivity index (χ2n) is 11.8. The molecule has 0 radical (unpaired) electrons. The Labute approximate surface area is 208 Å². The molecule has 0 aliphatic carbocycles. The fourth-order valence-electron chi connectivity index (χ4n) is 4.76.